The first kappa shape index (κ1) is 18.1. The number of rotatable bonds is 4. The zero-order valence-electron chi connectivity index (χ0n) is 15.1. The highest BCUT2D eigenvalue weighted by molar-refractivity contribution is 6.35. The number of hydrogen-bond donors (Lipinski definition) is 0. The van der Waals surface area contributed by atoms with Gasteiger partial charge in [-0.25, -0.2) is 0 Å². The number of halogens is 1. The molecule has 1 amide bonds. The lowest BCUT2D eigenvalue weighted by Crippen LogP contribution is -2.42. The Morgan fingerprint density at radius 3 is 2.81 bits per heavy atom. The van der Waals surface area contributed by atoms with Gasteiger partial charge in [0.25, 0.3) is 0 Å². The quantitative estimate of drug-likeness (QED) is 0.811. The molecular formula is C21H22ClN3O2. The molecule has 140 valence electrons. The van der Waals surface area contributed by atoms with Crippen molar-refractivity contribution < 1.29 is 9.53 Å². The maximum absolute atomic E-state index is 12.5. The SMILES string of the molecule is N#CC1CCCN1C(=O)CN1CC[C@H](Oc2ccc(Cl)c3ccccc23)C1. The standard InChI is InChI=1S/C21H22ClN3O2/c22-19-7-8-20(18-6-2-1-5-17(18)19)27-16-9-11-24(13-16)14-21(26)25-10-3-4-15(25)12-23/h1-2,5-8,15-16H,3-4,9-11,13-14H2/t15?,16-/m0/s1. The predicted octanol–water partition coefficient (Wildman–Crippen LogP) is 3.46. The van der Waals surface area contributed by atoms with Crippen molar-refractivity contribution in [3.63, 3.8) is 0 Å². The maximum Gasteiger partial charge on any atom is 0.237 e. The molecule has 2 fully saturated rings. The van der Waals surface area contributed by atoms with E-state index in [0.29, 0.717) is 24.7 Å². The first-order chi connectivity index (χ1) is 13.2. The number of carbonyl (C=O) groups excluding carboxylic acids is 1. The monoisotopic (exact) mass is 383 g/mol. The molecule has 2 atom stereocenters. The average Bonchev–Trinajstić information content (AvgIpc) is 3.33. The number of nitriles is 1. The number of amides is 1. The van der Waals surface area contributed by atoms with E-state index in [2.05, 4.69) is 11.0 Å². The highest BCUT2D eigenvalue weighted by atomic mass is 35.5. The summed E-state index contributed by atoms with van der Waals surface area (Å²) in [5.41, 5.74) is 0. The van der Waals surface area contributed by atoms with Crippen molar-refractivity contribution in [2.75, 3.05) is 26.2 Å². The van der Waals surface area contributed by atoms with E-state index in [4.69, 9.17) is 16.3 Å². The summed E-state index contributed by atoms with van der Waals surface area (Å²) in [5, 5.41) is 11.9. The Kier molecular flexibility index (Phi) is 5.20. The molecule has 2 aromatic rings. The van der Waals surface area contributed by atoms with Gasteiger partial charge in [-0.2, -0.15) is 5.26 Å². The minimum absolute atomic E-state index is 0.0488. The van der Waals surface area contributed by atoms with Crippen molar-refractivity contribution in [1.29, 1.82) is 5.26 Å². The molecular weight excluding hydrogens is 362 g/mol. The summed E-state index contributed by atoms with van der Waals surface area (Å²) in [6.45, 7) is 2.60. The van der Waals surface area contributed by atoms with E-state index in [1.807, 2.05) is 36.4 Å². The largest absolute Gasteiger partial charge is 0.488 e. The van der Waals surface area contributed by atoms with Crippen molar-refractivity contribution in [3.05, 3.63) is 41.4 Å². The third-order valence-electron chi connectivity index (χ3n) is 5.43. The van der Waals surface area contributed by atoms with E-state index in [1.54, 1.807) is 4.90 Å². The van der Waals surface area contributed by atoms with Crippen molar-refractivity contribution >= 4 is 28.3 Å². The third-order valence-corrected chi connectivity index (χ3v) is 5.76. The molecule has 6 heteroatoms. The fourth-order valence-electron chi connectivity index (χ4n) is 4.04. The Balaban J connectivity index is 1.39. The van der Waals surface area contributed by atoms with Crippen LogP contribution in [0.3, 0.4) is 0 Å². The Morgan fingerprint density at radius 2 is 2.00 bits per heavy atom. The van der Waals surface area contributed by atoms with Crippen LogP contribution in [0.4, 0.5) is 0 Å². The number of fused-ring (bicyclic) bond motifs is 1. The highest BCUT2D eigenvalue weighted by Crippen LogP contribution is 2.32. The third kappa shape index (κ3) is 3.73. The smallest absolute Gasteiger partial charge is 0.237 e. The highest BCUT2D eigenvalue weighted by Gasteiger charge is 2.32. The molecule has 5 nitrogen and oxygen atoms in total. The number of nitrogens with zero attached hydrogens (tertiary/aromatic N) is 3. The van der Waals surface area contributed by atoms with Crippen LogP contribution in [-0.4, -0.2) is 54.0 Å². The Morgan fingerprint density at radius 1 is 1.19 bits per heavy atom. The van der Waals surface area contributed by atoms with E-state index in [1.165, 1.54) is 0 Å². The van der Waals surface area contributed by atoms with Crippen LogP contribution in [0.15, 0.2) is 36.4 Å². The second-order valence-corrected chi connectivity index (χ2v) is 7.64. The van der Waals surface area contributed by atoms with Crippen LogP contribution in [0.1, 0.15) is 19.3 Å². The summed E-state index contributed by atoms with van der Waals surface area (Å²) >= 11 is 6.28. The predicted molar refractivity (Wildman–Crippen MR) is 105 cm³/mol. The van der Waals surface area contributed by atoms with E-state index in [-0.39, 0.29) is 18.1 Å². The van der Waals surface area contributed by atoms with Crippen LogP contribution in [0, 0.1) is 11.3 Å². The average molecular weight is 384 g/mol. The van der Waals surface area contributed by atoms with Gasteiger partial charge in [0.1, 0.15) is 17.9 Å². The van der Waals surface area contributed by atoms with E-state index in [0.717, 1.165) is 42.3 Å². The van der Waals surface area contributed by atoms with Crippen LogP contribution in [0.25, 0.3) is 10.8 Å². The van der Waals surface area contributed by atoms with Crippen LogP contribution < -0.4 is 4.74 Å². The maximum atomic E-state index is 12.5. The van der Waals surface area contributed by atoms with E-state index < -0.39 is 0 Å². The van der Waals surface area contributed by atoms with Crippen molar-refractivity contribution in [3.8, 4) is 11.8 Å². The van der Waals surface area contributed by atoms with Crippen molar-refractivity contribution in [2.24, 2.45) is 0 Å². The minimum Gasteiger partial charge on any atom is -0.488 e. The molecule has 1 unspecified atom stereocenters. The lowest BCUT2D eigenvalue weighted by atomic mass is 10.1. The first-order valence-electron chi connectivity index (χ1n) is 9.41. The molecule has 0 saturated carbocycles. The molecule has 0 spiro atoms. The number of carbonyl (C=O) groups is 1. The Hall–Kier alpha value is -2.29. The minimum atomic E-state index is -0.257. The Labute approximate surface area is 164 Å². The normalized spacial score (nSPS) is 22.9. The fourth-order valence-corrected chi connectivity index (χ4v) is 4.26. The van der Waals surface area contributed by atoms with Gasteiger partial charge in [0.05, 0.1) is 12.6 Å². The van der Waals surface area contributed by atoms with Crippen molar-refractivity contribution in [2.45, 2.75) is 31.4 Å². The summed E-state index contributed by atoms with van der Waals surface area (Å²) in [6, 6.07) is 13.7. The topological polar surface area (TPSA) is 56.6 Å². The van der Waals surface area contributed by atoms with Gasteiger partial charge in [-0.05, 0) is 31.4 Å². The summed E-state index contributed by atoms with van der Waals surface area (Å²) in [6.07, 6.45) is 2.64. The van der Waals surface area contributed by atoms with Crippen LogP contribution >= 0.6 is 11.6 Å². The molecule has 0 N–H and O–H groups in total. The first-order valence-corrected chi connectivity index (χ1v) is 9.79. The van der Waals surface area contributed by atoms with Gasteiger partial charge < -0.3 is 9.64 Å². The zero-order valence-corrected chi connectivity index (χ0v) is 15.9. The van der Waals surface area contributed by atoms with E-state index >= 15 is 0 Å². The van der Waals surface area contributed by atoms with E-state index in [9.17, 15) is 10.1 Å². The fraction of sp³-hybridized carbons (Fsp3) is 0.429. The van der Waals surface area contributed by atoms with Crippen LogP contribution in [0.5, 0.6) is 5.75 Å². The van der Waals surface area contributed by atoms with Gasteiger partial charge in [-0.3, -0.25) is 9.69 Å². The molecule has 27 heavy (non-hydrogen) atoms. The molecule has 2 aromatic carbocycles. The molecule has 2 aliphatic heterocycles. The number of likely N-dealkylation sites (tertiary alicyclic amines) is 2. The van der Waals surface area contributed by atoms with Gasteiger partial charge in [0.2, 0.25) is 5.91 Å². The Bertz CT molecular complexity index is 895. The molecule has 0 bridgehead atoms. The summed E-state index contributed by atoms with van der Waals surface area (Å²) in [7, 11) is 0. The second kappa shape index (κ2) is 7.75. The number of hydrogen-bond acceptors (Lipinski definition) is 4. The summed E-state index contributed by atoms with van der Waals surface area (Å²) in [4.78, 5) is 16.4. The molecule has 2 aliphatic rings. The van der Waals surface area contributed by atoms with Gasteiger partial charge in [-0.1, -0.05) is 35.9 Å². The van der Waals surface area contributed by atoms with Gasteiger partial charge >= 0.3 is 0 Å². The summed E-state index contributed by atoms with van der Waals surface area (Å²) < 4.78 is 6.25. The van der Waals surface area contributed by atoms with Gasteiger partial charge in [0, 0.05) is 35.4 Å². The molecule has 2 heterocycles. The molecule has 0 radical (unpaired) electrons. The zero-order chi connectivity index (χ0) is 18.8. The lowest BCUT2D eigenvalue weighted by molar-refractivity contribution is -0.132. The number of ether oxygens (including phenoxy) is 1. The van der Waals surface area contributed by atoms with Gasteiger partial charge in [-0.15, -0.1) is 0 Å². The molecule has 4 rings (SSSR count). The van der Waals surface area contributed by atoms with Gasteiger partial charge in [0.15, 0.2) is 0 Å². The van der Waals surface area contributed by atoms with Crippen molar-refractivity contribution in [1.82, 2.24) is 9.80 Å². The molecule has 0 aromatic heterocycles. The molecule has 0 aliphatic carbocycles. The van der Waals surface area contributed by atoms with Crippen LogP contribution in [-0.2, 0) is 4.79 Å². The second-order valence-electron chi connectivity index (χ2n) is 7.23. The van der Waals surface area contributed by atoms with Crippen LogP contribution in [0.2, 0.25) is 5.02 Å². The summed E-state index contributed by atoms with van der Waals surface area (Å²) in [5.74, 6) is 0.883. The number of benzene rings is 2. The lowest BCUT2D eigenvalue weighted by Gasteiger charge is -2.23. The molecule has 2 saturated heterocycles.